The molecule has 0 unspecified atom stereocenters. The van der Waals surface area contributed by atoms with E-state index < -0.39 is 18.4 Å². The van der Waals surface area contributed by atoms with Crippen LogP contribution in [0.2, 0.25) is 0 Å². The number of nitrogens with zero attached hydrogens (tertiary/aromatic N) is 1. The van der Waals surface area contributed by atoms with Crippen molar-refractivity contribution < 1.29 is 28.9 Å². The molecule has 8 nitrogen and oxygen atoms in total. The monoisotopic (exact) mass is 636 g/mol. The molecule has 8 heteroatoms. The first-order valence-corrected chi connectivity index (χ1v) is 16.1. The van der Waals surface area contributed by atoms with Gasteiger partial charge in [-0.25, -0.2) is 0 Å². The Balaban J connectivity index is 1.30. The fraction of sp³-hybridized carbons (Fsp3) is 0.333. The molecule has 1 fully saturated rings. The maximum Gasteiger partial charge on any atom is 0.303 e. The van der Waals surface area contributed by atoms with E-state index in [4.69, 9.17) is 14.2 Å². The van der Waals surface area contributed by atoms with Crippen molar-refractivity contribution in [2.75, 3.05) is 13.6 Å². The van der Waals surface area contributed by atoms with Gasteiger partial charge >= 0.3 is 5.97 Å². The lowest BCUT2D eigenvalue weighted by Gasteiger charge is -2.39. The third-order valence-electron chi connectivity index (χ3n) is 8.67. The van der Waals surface area contributed by atoms with E-state index in [1.165, 1.54) is 12.5 Å². The highest BCUT2D eigenvalue weighted by molar-refractivity contribution is 5.82. The molecule has 1 amide bonds. The molecule has 0 spiro atoms. The molecular weight excluding hydrogens is 592 g/mol. The Bertz CT molecular complexity index is 1610. The minimum Gasteiger partial charge on any atom is -0.453 e. The maximum atomic E-state index is 12.3. The number of hydrogen-bond donors (Lipinski definition) is 2. The molecule has 0 saturated carbocycles. The van der Waals surface area contributed by atoms with Gasteiger partial charge in [-0.1, -0.05) is 97.1 Å². The predicted molar refractivity (Wildman–Crippen MR) is 181 cm³/mol. The third kappa shape index (κ3) is 9.14. The highest BCUT2D eigenvalue weighted by atomic mass is 16.7. The zero-order chi connectivity index (χ0) is 33.3. The van der Waals surface area contributed by atoms with Crippen LogP contribution in [0.15, 0.2) is 103 Å². The van der Waals surface area contributed by atoms with Crippen molar-refractivity contribution in [1.82, 2.24) is 10.2 Å². The molecule has 1 heterocycles. The summed E-state index contributed by atoms with van der Waals surface area (Å²) in [7, 11) is 2.13. The van der Waals surface area contributed by atoms with Crippen molar-refractivity contribution in [1.29, 1.82) is 0 Å². The van der Waals surface area contributed by atoms with Crippen molar-refractivity contribution in [3.05, 3.63) is 131 Å². The lowest BCUT2D eigenvalue weighted by Crippen LogP contribution is -2.38. The average molecular weight is 637 g/mol. The minimum absolute atomic E-state index is 0.00150. The minimum atomic E-state index is -0.848. The molecule has 1 saturated heterocycles. The number of carbonyl (C=O) groups excluding carboxylic acids is 2. The number of likely N-dealkylation sites (N-methyl/N-ethyl adjacent to an activating group) is 1. The van der Waals surface area contributed by atoms with E-state index >= 15 is 0 Å². The molecule has 0 radical (unpaired) electrons. The molecule has 4 aromatic rings. The molecule has 0 aliphatic carbocycles. The molecule has 2 N–H and O–H groups in total. The molecule has 246 valence electrons. The van der Waals surface area contributed by atoms with Gasteiger partial charge in [-0.2, -0.15) is 0 Å². The topological polar surface area (TPSA) is 97.3 Å². The summed E-state index contributed by atoms with van der Waals surface area (Å²) in [5.41, 5.74) is 7.07. The van der Waals surface area contributed by atoms with E-state index in [1.54, 1.807) is 6.92 Å². The number of aliphatic hydroxyl groups is 1. The van der Waals surface area contributed by atoms with Crippen LogP contribution >= 0.6 is 0 Å². The number of carbonyl (C=O) groups is 2. The van der Waals surface area contributed by atoms with E-state index in [0.717, 1.165) is 39.9 Å². The van der Waals surface area contributed by atoms with Crippen LogP contribution in [0.3, 0.4) is 0 Å². The second-order valence-corrected chi connectivity index (χ2v) is 12.2. The van der Waals surface area contributed by atoms with Crippen molar-refractivity contribution in [2.24, 2.45) is 0 Å². The largest absolute Gasteiger partial charge is 0.453 e. The van der Waals surface area contributed by atoms with Gasteiger partial charge in [-0.15, -0.1) is 0 Å². The zero-order valence-corrected chi connectivity index (χ0v) is 27.5. The second kappa shape index (κ2) is 16.0. The normalized spacial score (nSPS) is 19.1. The standard InChI is InChI=1S/C39H44N2O6/c1-26(31-10-6-5-7-11-31)41(4)24-36-22-37(33-15-13-29(25-42)14-16-33)47-39(46-36)34-19-17-32(18-20-34)35-12-8-9-30(21-35)23-40-38(44)27(2)45-28(3)43/h5-21,26-27,36-37,39,42H,22-25H2,1-4H3,(H,40,44)/t26-,27-,36+,37-,39-/m0/s1. The first-order chi connectivity index (χ1) is 22.7. The van der Waals surface area contributed by atoms with Crippen LogP contribution in [0.1, 0.15) is 73.4 Å². The highest BCUT2D eigenvalue weighted by Crippen LogP contribution is 2.39. The van der Waals surface area contributed by atoms with Crippen LogP contribution in [0.25, 0.3) is 11.1 Å². The van der Waals surface area contributed by atoms with Crippen LogP contribution in [-0.4, -0.2) is 47.7 Å². The number of benzene rings is 4. The fourth-order valence-electron chi connectivity index (χ4n) is 5.83. The Morgan fingerprint density at radius 2 is 1.57 bits per heavy atom. The molecule has 5 rings (SSSR count). The molecule has 1 aliphatic rings. The summed E-state index contributed by atoms with van der Waals surface area (Å²) < 4.78 is 18.2. The Labute approximate surface area is 277 Å². The summed E-state index contributed by atoms with van der Waals surface area (Å²) in [6.07, 6.45) is -0.919. The smallest absolute Gasteiger partial charge is 0.303 e. The predicted octanol–water partition coefficient (Wildman–Crippen LogP) is 6.65. The van der Waals surface area contributed by atoms with Gasteiger partial charge in [0, 0.05) is 38.0 Å². The quantitative estimate of drug-likeness (QED) is 0.168. The first-order valence-electron chi connectivity index (χ1n) is 16.1. The number of hydrogen-bond acceptors (Lipinski definition) is 7. The van der Waals surface area contributed by atoms with Crippen LogP contribution < -0.4 is 5.32 Å². The third-order valence-corrected chi connectivity index (χ3v) is 8.67. The molecule has 0 aromatic heterocycles. The fourth-order valence-corrected chi connectivity index (χ4v) is 5.83. The van der Waals surface area contributed by atoms with Crippen molar-refractivity contribution in [3.8, 4) is 11.1 Å². The molecule has 47 heavy (non-hydrogen) atoms. The molecule has 1 aliphatic heterocycles. The van der Waals surface area contributed by atoms with Crippen LogP contribution in [0.4, 0.5) is 0 Å². The SMILES string of the molecule is CC(=O)O[C@@H](C)C(=O)NCc1cccc(-c2ccc([C@H]3O[C@@H](CN(C)[C@@H](C)c4ccccc4)C[C@@H](c4ccc(CO)cc4)O3)cc2)c1. The van der Waals surface area contributed by atoms with Gasteiger partial charge in [0.05, 0.1) is 18.8 Å². The van der Waals surface area contributed by atoms with E-state index in [0.29, 0.717) is 13.0 Å². The van der Waals surface area contributed by atoms with Gasteiger partial charge in [0.2, 0.25) is 0 Å². The van der Waals surface area contributed by atoms with Gasteiger partial charge < -0.3 is 24.6 Å². The summed E-state index contributed by atoms with van der Waals surface area (Å²) in [4.78, 5) is 25.8. The number of amides is 1. The van der Waals surface area contributed by atoms with Crippen molar-refractivity contribution in [3.63, 3.8) is 0 Å². The van der Waals surface area contributed by atoms with E-state index in [2.05, 4.69) is 60.6 Å². The lowest BCUT2D eigenvalue weighted by molar-refractivity contribution is -0.253. The Morgan fingerprint density at radius 3 is 2.26 bits per heavy atom. The van der Waals surface area contributed by atoms with Crippen LogP contribution in [-0.2, 0) is 37.0 Å². The summed E-state index contributed by atoms with van der Waals surface area (Å²) >= 11 is 0. The van der Waals surface area contributed by atoms with Crippen LogP contribution in [0, 0.1) is 0 Å². The molecule has 4 aromatic carbocycles. The second-order valence-electron chi connectivity index (χ2n) is 12.2. The van der Waals surface area contributed by atoms with Gasteiger partial charge in [0.15, 0.2) is 12.4 Å². The molecule has 0 bridgehead atoms. The molecular formula is C39H44N2O6. The van der Waals surface area contributed by atoms with Gasteiger partial charge in [-0.3, -0.25) is 14.5 Å². The number of rotatable bonds is 12. The Kier molecular flexibility index (Phi) is 11.6. The lowest BCUT2D eigenvalue weighted by atomic mass is 9.98. The highest BCUT2D eigenvalue weighted by Gasteiger charge is 2.33. The number of ether oxygens (including phenoxy) is 3. The number of aliphatic hydroxyl groups excluding tert-OH is 1. The number of nitrogens with one attached hydrogen (secondary N) is 1. The Hall–Kier alpha value is -4.34. The van der Waals surface area contributed by atoms with Crippen LogP contribution in [0.5, 0.6) is 0 Å². The van der Waals surface area contributed by atoms with Gasteiger partial charge in [0.25, 0.3) is 5.91 Å². The Morgan fingerprint density at radius 1 is 0.872 bits per heavy atom. The average Bonchev–Trinajstić information content (AvgIpc) is 3.10. The molecule has 5 atom stereocenters. The summed E-state index contributed by atoms with van der Waals surface area (Å²) in [6, 6.07) is 34.8. The summed E-state index contributed by atoms with van der Waals surface area (Å²) in [5, 5.41) is 12.4. The summed E-state index contributed by atoms with van der Waals surface area (Å²) in [5.74, 6) is -0.834. The van der Waals surface area contributed by atoms with E-state index in [1.807, 2.05) is 66.7 Å². The van der Waals surface area contributed by atoms with Crippen molar-refractivity contribution >= 4 is 11.9 Å². The van der Waals surface area contributed by atoms with E-state index in [9.17, 15) is 14.7 Å². The maximum absolute atomic E-state index is 12.3. The first kappa shape index (κ1) is 34.0. The van der Waals surface area contributed by atoms with Gasteiger partial charge in [-0.05, 0) is 60.3 Å². The summed E-state index contributed by atoms with van der Waals surface area (Å²) in [6.45, 7) is 6.10. The zero-order valence-electron chi connectivity index (χ0n) is 27.5. The van der Waals surface area contributed by atoms with E-state index in [-0.39, 0.29) is 30.8 Å². The van der Waals surface area contributed by atoms with Crippen molar-refractivity contribution in [2.45, 2.75) is 71.0 Å². The number of esters is 1. The van der Waals surface area contributed by atoms with Gasteiger partial charge in [0.1, 0.15) is 0 Å².